The minimum Gasteiger partial charge on any atom is -0.394 e. The predicted octanol–water partition coefficient (Wildman–Crippen LogP) is 3.91. The number of rotatable bonds is 18. The minimum absolute atomic E-state index is 0.0431. The Morgan fingerprint density at radius 2 is 1.33 bits per heavy atom. The molecule has 1 rings (SSSR count). The summed E-state index contributed by atoms with van der Waals surface area (Å²) in [7, 11) is 0. The van der Waals surface area contributed by atoms with Gasteiger partial charge < -0.3 is 30.7 Å². The number of allylic oxidation sites excluding steroid dienone is 12. The van der Waals surface area contributed by atoms with E-state index >= 15 is 0 Å². The summed E-state index contributed by atoms with van der Waals surface area (Å²) >= 11 is 0. The number of aliphatic hydroxyl groups is 3. The van der Waals surface area contributed by atoms with E-state index in [1.807, 2.05) is 12.2 Å². The van der Waals surface area contributed by atoms with Gasteiger partial charge in [0.2, 0.25) is 11.8 Å². The van der Waals surface area contributed by atoms with Crippen LogP contribution in [0.25, 0.3) is 0 Å². The van der Waals surface area contributed by atoms with Crippen LogP contribution in [0, 0.1) is 0 Å². The number of ether oxygens (including phenoxy) is 1. The molecule has 0 saturated carbocycles. The number of amides is 2. The van der Waals surface area contributed by atoms with Gasteiger partial charge in [-0.3, -0.25) is 9.59 Å². The Bertz CT molecular complexity index is 861. The average Bonchev–Trinajstić information content (AvgIpc) is 2.91. The summed E-state index contributed by atoms with van der Waals surface area (Å²) in [5, 5.41) is 34.2. The van der Waals surface area contributed by atoms with Crippen molar-refractivity contribution in [3.63, 3.8) is 0 Å². The quantitative estimate of drug-likeness (QED) is 0.167. The number of aliphatic hydroxyl groups excluding tert-OH is 3. The Morgan fingerprint density at radius 1 is 0.846 bits per heavy atom. The first-order valence-electron chi connectivity index (χ1n) is 14.0. The lowest BCUT2D eigenvalue weighted by Gasteiger charge is -2.36. The van der Waals surface area contributed by atoms with Gasteiger partial charge in [0.05, 0.1) is 18.8 Å². The minimum atomic E-state index is -1.34. The zero-order valence-corrected chi connectivity index (χ0v) is 23.5. The number of carbonyl (C=O) groups is 2. The molecule has 0 radical (unpaired) electrons. The molecule has 0 aliphatic carbocycles. The molecule has 8 nitrogen and oxygen atoms in total. The van der Waals surface area contributed by atoms with E-state index in [9.17, 15) is 19.8 Å². The van der Waals surface area contributed by atoms with Crippen LogP contribution in [0.2, 0.25) is 0 Å². The summed E-state index contributed by atoms with van der Waals surface area (Å²) in [4.78, 5) is 24.5. The Kier molecular flexibility index (Phi) is 19.4. The normalized spacial score (nSPS) is 23.2. The van der Waals surface area contributed by atoms with Crippen molar-refractivity contribution < 1.29 is 29.6 Å². The molecule has 5 atom stereocenters. The van der Waals surface area contributed by atoms with E-state index < -0.39 is 43.1 Å². The Hall–Kier alpha value is -2.78. The van der Waals surface area contributed by atoms with Crippen molar-refractivity contribution in [2.75, 3.05) is 6.61 Å². The fourth-order valence-corrected chi connectivity index (χ4v) is 3.73. The van der Waals surface area contributed by atoms with Crippen LogP contribution in [0.3, 0.4) is 0 Å². The average molecular weight is 545 g/mol. The molecule has 8 heteroatoms. The molecular formula is C31H48N2O6. The molecule has 5 N–H and O–H groups in total. The van der Waals surface area contributed by atoms with Gasteiger partial charge in [0.15, 0.2) is 6.29 Å². The van der Waals surface area contributed by atoms with E-state index in [1.54, 1.807) is 6.92 Å². The van der Waals surface area contributed by atoms with Gasteiger partial charge in [-0.15, -0.1) is 0 Å². The first-order valence-corrected chi connectivity index (χ1v) is 14.0. The highest BCUT2D eigenvalue weighted by Crippen LogP contribution is 2.18. The van der Waals surface area contributed by atoms with Crippen LogP contribution in [0.5, 0.6) is 0 Å². The van der Waals surface area contributed by atoms with Crippen molar-refractivity contribution in [3.05, 3.63) is 72.9 Å². The Labute approximate surface area is 233 Å². The summed E-state index contributed by atoms with van der Waals surface area (Å²) in [5.74, 6) is -0.738. The monoisotopic (exact) mass is 544 g/mol. The third-order valence-electron chi connectivity index (χ3n) is 6.00. The molecule has 2 amide bonds. The summed E-state index contributed by atoms with van der Waals surface area (Å²) < 4.78 is 5.10. The molecule has 1 aliphatic heterocycles. The van der Waals surface area contributed by atoms with Crippen LogP contribution in [0.15, 0.2) is 72.9 Å². The van der Waals surface area contributed by atoms with Crippen molar-refractivity contribution in [1.29, 1.82) is 0 Å². The van der Waals surface area contributed by atoms with E-state index in [4.69, 9.17) is 9.84 Å². The van der Waals surface area contributed by atoms with E-state index in [0.717, 1.165) is 38.5 Å². The highest BCUT2D eigenvalue weighted by atomic mass is 16.6. The van der Waals surface area contributed by atoms with Gasteiger partial charge in [-0.2, -0.15) is 0 Å². The standard InChI is InChI=1S/C31H48N2O6/c1-3-4-5-6-7-8-9-10-11-12-13-14-15-16-17-18-19-20-21-22-29(36)32-25(2)30(37)33-26-23-27(35)28(24-34)39-31(26)38/h4-5,7-8,10-11,13-14,16-17,19-20,25-28,31,34-35,38H,3,6,9,12,15,18,21-24H2,1-2H3,(H,32,36)(H,33,37). The Balaban J connectivity index is 2.12. The SMILES string of the molecule is CCC=CCC=CCC=CCC=CCC=CCC=CCCC(=O)NC(C)C(=O)NC1CC(O)C(CO)OC1O. The van der Waals surface area contributed by atoms with Crippen LogP contribution >= 0.6 is 0 Å². The Morgan fingerprint density at radius 3 is 1.82 bits per heavy atom. The van der Waals surface area contributed by atoms with Gasteiger partial charge in [0.25, 0.3) is 0 Å². The first-order chi connectivity index (χ1) is 18.9. The molecule has 0 spiro atoms. The lowest BCUT2D eigenvalue weighted by Crippen LogP contribution is -2.58. The zero-order valence-electron chi connectivity index (χ0n) is 23.5. The van der Waals surface area contributed by atoms with Gasteiger partial charge in [0.1, 0.15) is 12.1 Å². The fourth-order valence-electron chi connectivity index (χ4n) is 3.73. The van der Waals surface area contributed by atoms with Crippen LogP contribution in [0.4, 0.5) is 0 Å². The van der Waals surface area contributed by atoms with Crippen LogP contribution < -0.4 is 10.6 Å². The van der Waals surface area contributed by atoms with Crippen LogP contribution in [-0.2, 0) is 14.3 Å². The highest BCUT2D eigenvalue weighted by Gasteiger charge is 2.37. The maximum atomic E-state index is 12.3. The van der Waals surface area contributed by atoms with Gasteiger partial charge in [0, 0.05) is 12.8 Å². The predicted molar refractivity (Wildman–Crippen MR) is 156 cm³/mol. The molecule has 39 heavy (non-hydrogen) atoms. The van der Waals surface area contributed by atoms with E-state index in [-0.39, 0.29) is 18.7 Å². The second-order valence-corrected chi connectivity index (χ2v) is 9.41. The second-order valence-electron chi connectivity index (χ2n) is 9.41. The summed E-state index contributed by atoms with van der Waals surface area (Å²) in [6, 6.07) is -1.63. The van der Waals surface area contributed by atoms with E-state index in [2.05, 4.69) is 78.3 Å². The van der Waals surface area contributed by atoms with Gasteiger partial charge in [-0.05, 0) is 51.9 Å². The second kappa shape index (κ2) is 22.1. The number of nitrogens with one attached hydrogen (secondary N) is 2. The van der Waals surface area contributed by atoms with Crippen molar-refractivity contribution in [2.45, 2.75) is 102 Å². The van der Waals surface area contributed by atoms with E-state index in [0.29, 0.717) is 6.42 Å². The maximum absolute atomic E-state index is 12.3. The zero-order chi connectivity index (χ0) is 28.7. The summed E-state index contributed by atoms with van der Waals surface area (Å²) in [6.07, 6.45) is 28.9. The van der Waals surface area contributed by atoms with Crippen molar-refractivity contribution in [3.8, 4) is 0 Å². The molecule has 0 bridgehead atoms. The third kappa shape index (κ3) is 16.7. The molecular weight excluding hydrogens is 496 g/mol. The summed E-state index contributed by atoms with van der Waals surface area (Å²) in [6.45, 7) is 3.26. The summed E-state index contributed by atoms with van der Waals surface area (Å²) in [5.41, 5.74) is 0. The number of hydrogen-bond acceptors (Lipinski definition) is 6. The molecule has 0 aromatic heterocycles. The van der Waals surface area contributed by atoms with Gasteiger partial charge in [-0.1, -0.05) is 79.8 Å². The molecule has 0 aromatic rings. The van der Waals surface area contributed by atoms with Gasteiger partial charge >= 0.3 is 0 Å². The van der Waals surface area contributed by atoms with Gasteiger partial charge in [-0.25, -0.2) is 0 Å². The first kappa shape index (κ1) is 34.2. The number of carbonyl (C=O) groups excluding carboxylic acids is 2. The molecule has 1 aliphatic rings. The lowest BCUT2D eigenvalue weighted by atomic mass is 10.0. The molecule has 1 saturated heterocycles. The smallest absolute Gasteiger partial charge is 0.242 e. The third-order valence-corrected chi connectivity index (χ3v) is 6.00. The van der Waals surface area contributed by atoms with E-state index in [1.165, 1.54) is 0 Å². The molecule has 1 fully saturated rings. The fraction of sp³-hybridized carbons (Fsp3) is 0.548. The number of hydrogen-bond donors (Lipinski definition) is 5. The van der Waals surface area contributed by atoms with Crippen molar-refractivity contribution in [2.24, 2.45) is 0 Å². The van der Waals surface area contributed by atoms with Crippen LogP contribution in [-0.4, -0.2) is 64.3 Å². The largest absolute Gasteiger partial charge is 0.394 e. The molecule has 5 unspecified atom stereocenters. The van der Waals surface area contributed by atoms with Crippen molar-refractivity contribution in [1.82, 2.24) is 10.6 Å². The highest BCUT2D eigenvalue weighted by molar-refractivity contribution is 5.87. The topological polar surface area (TPSA) is 128 Å². The molecule has 1 heterocycles. The lowest BCUT2D eigenvalue weighted by molar-refractivity contribution is -0.221. The van der Waals surface area contributed by atoms with Crippen molar-refractivity contribution >= 4 is 11.8 Å². The van der Waals surface area contributed by atoms with Crippen LogP contribution in [0.1, 0.15) is 71.6 Å². The molecule has 0 aromatic carbocycles. The molecule has 218 valence electrons. The maximum Gasteiger partial charge on any atom is 0.242 e.